The fourth-order valence-electron chi connectivity index (χ4n) is 3.49. The third kappa shape index (κ3) is 3.77. The van der Waals surface area contributed by atoms with E-state index in [2.05, 4.69) is 15.2 Å². The SMILES string of the molecule is Cc1nnc(SCC(=O)N2C[C@@H]3CC[C@H](C2)N(Cc2cscn2)C3=O)s1. The highest BCUT2D eigenvalue weighted by molar-refractivity contribution is 8.01. The third-order valence-electron chi connectivity index (χ3n) is 4.79. The van der Waals surface area contributed by atoms with Gasteiger partial charge in [-0.2, -0.15) is 0 Å². The van der Waals surface area contributed by atoms with Crippen LogP contribution in [-0.2, 0) is 16.1 Å². The molecule has 3 aliphatic heterocycles. The van der Waals surface area contributed by atoms with Crippen LogP contribution >= 0.6 is 34.4 Å². The van der Waals surface area contributed by atoms with Crippen LogP contribution in [0.15, 0.2) is 15.2 Å². The van der Waals surface area contributed by atoms with E-state index in [-0.39, 0.29) is 23.8 Å². The van der Waals surface area contributed by atoms with Gasteiger partial charge in [-0.05, 0) is 19.8 Å². The van der Waals surface area contributed by atoms with E-state index in [0.717, 1.165) is 27.9 Å². The molecule has 0 aromatic carbocycles. The minimum absolute atomic E-state index is 0.0723. The number of fused-ring (bicyclic) bond motifs is 4. The van der Waals surface area contributed by atoms with Crippen LogP contribution in [0.25, 0.3) is 0 Å². The molecule has 2 aromatic heterocycles. The molecule has 3 fully saturated rings. The molecule has 0 N–H and O–H groups in total. The fourth-order valence-corrected chi connectivity index (χ4v) is 5.76. The largest absolute Gasteiger partial charge is 0.339 e. The molecule has 2 amide bonds. The summed E-state index contributed by atoms with van der Waals surface area (Å²) < 4.78 is 0.815. The van der Waals surface area contributed by atoms with Crippen molar-refractivity contribution in [3.8, 4) is 0 Å². The molecule has 138 valence electrons. The van der Waals surface area contributed by atoms with E-state index in [1.807, 2.05) is 22.1 Å². The Bertz CT molecular complexity index is 794. The Hall–Kier alpha value is -1.52. The molecule has 2 aromatic rings. The number of thioether (sulfide) groups is 1. The lowest BCUT2D eigenvalue weighted by atomic mass is 9.94. The number of nitrogens with zero attached hydrogens (tertiary/aromatic N) is 5. The Labute approximate surface area is 163 Å². The maximum Gasteiger partial charge on any atom is 0.233 e. The summed E-state index contributed by atoms with van der Waals surface area (Å²) in [6.45, 7) is 3.58. The van der Waals surface area contributed by atoms with Crippen LogP contribution in [0.4, 0.5) is 0 Å². The first-order valence-electron chi connectivity index (χ1n) is 8.48. The normalized spacial score (nSPS) is 22.7. The molecule has 2 bridgehead atoms. The van der Waals surface area contributed by atoms with Crippen molar-refractivity contribution in [2.75, 3.05) is 18.8 Å². The number of thiazole rings is 1. The predicted molar refractivity (Wildman–Crippen MR) is 101 cm³/mol. The van der Waals surface area contributed by atoms with Crippen LogP contribution in [0.1, 0.15) is 23.5 Å². The van der Waals surface area contributed by atoms with Crippen LogP contribution in [0.5, 0.6) is 0 Å². The Morgan fingerprint density at radius 3 is 2.96 bits per heavy atom. The topological polar surface area (TPSA) is 79.3 Å². The summed E-state index contributed by atoms with van der Waals surface area (Å²) in [5.74, 6) is 0.485. The predicted octanol–water partition coefficient (Wildman–Crippen LogP) is 2.04. The van der Waals surface area contributed by atoms with Gasteiger partial charge < -0.3 is 9.80 Å². The number of hydrogen-bond acceptors (Lipinski definition) is 8. The number of rotatable bonds is 5. The van der Waals surface area contributed by atoms with Crippen molar-refractivity contribution in [1.29, 1.82) is 0 Å². The van der Waals surface area contributed by atoms with Gasteiger partial charge in [-0.15, -0.1) is 21.5 Å². The number of amides is 2. The maximum absolute atomic E-state index is 12.8. The standard InChI is InChI=1S/C16H19N5O2S3/c1-10-18-19-16(26-10)25-8-14(22)20-4-11-2-3-13(6-20)21(15(11)23)5-12-7-24-9-17-12/h7,9,11,13H,2-6,8H2,1H3/t11-,13+/m0/s1. The van der Waals surface area contributed by atoms with Crippen molar-refractivity contribution in [3.63, 3.8) is 0 Å². The van der Waals surface area contributed by atoms with Gasteiger partial charge in [0.1, 0.15) is 5.01 Å². The number of carbonyl (C=O) groups is 2. The first-order chi connectivity index (χ1) is 12.6. The van der Waals surface area contributed by atoms with Crippen LogP contribution in [0.2, 0.25) is 0 Å². The second-order valence-electron chi connectivity index (χ2n) is 6.55. The van der Waals surface area contributed by atoms with Gasteiger partial charge in [0.05, 0.1) is 29.4 Å². The molecule has 5 heterocycles. The number of piperidine rings is 1. The van der Waals surface area contributed by atoms with E-state index in [1.54, 1.807) is 5.51 Å². The molecule has 0 saturated carbocycles. The van der Waals surface area contributed by atoms with Gasteiger partial charge in [-0.1, -0.05) is 23.1 Å². The molecule has 2 atom stereocenters. The molecule has 3 aliphatic rings. The Morgan fingerprint density at radius 1 is 1.35 bits per heavy atom. The zero-order chi connectivity index (χ0) is 18.1. The van der Waals surface area contributed by atoms with Crippen molar-refractivity contribution in [3.05, 3.63) is 21.6 Å². The Morgan fingerprint density at radius 2 is 2.23 bits per heavy atom. The Balaban J connectivity index is 1.41. The van der Waals surface area contributed by atoms with E-state index in [4.69, 9.17) is 0 Å². The van der Waals surface area contributed by atoms with Gasteiger partial charge in [0.25, 0.3) is 0 Å². The highest BCUT2D eigenvalue weighted by atomic mass is 32.2. The average molecular weight is 410 g/mol. The fraction of sp³-hybridized carbons (Fsp3) is 0.562. The lowest BCUT2D eigenvalue weighted by Gasteiger charge is -2.35. The van der Waals surface area contributed by atoms with Gasteiger partial charge in [0, 0.05) is 24.5 Å². The molecule has 3 saturated heterocycles. The highest BCUT2D eigenvalue weighted by Crippen LogP contribution is 2.31. The lowest BCUT2D eigenvalue weighted by Crippen LogP contribution is -2.47. The van der Waals surface area contributed by atoms with E-state index in [1.165, 1.54) is 34.4 Å². The maximum atomic E-state index is 12.8. The van der Waals surface area contributed by atoms with Gasteiger partial charge in [-0.3, -0.25) is 9.59 Å². The first-order valence-corrected chi connectivity index (χ1v) is 11.2. The number of aryl methyl sites for hydroxylation is 1. The molecule has 7 nitrogen and oxygen atoms in total. The molecule has 0 radical (unpaired) electrons. The summed E-state index contributed by atoms with van der Waals surface area (Å²) in [5.41, 5.74) is 2.72. The van der Waals surface area contributed by atoms with E-state index in [9.17, 15) is 9.59 Å². The van der Waals surface area contributed by atoms with E-state index < -0.39 is 0 Å². The van der Waals surface area contributed by atoms with E-state index in [0.29, 0.717) is 25.4 Å². The van der Waals surface area contributed by atoms with Gasteiger partial charge >= 0.3 is 0 Å². The number of hydrogen-bond donors (Lipinski definition) is 0. The van der Waals surface area contributed by atoms with E-state index >= 15 is 0 Å². The van der Waals surface area contributed by atoms with Crippen LogP contribution in [0, 0.1) is 12.8 Å². The molecule has 0 aliphatic carbocycles. The van der Waals surface area contributed by atoms with Crippen LogP contribution < -0.4 is 0 Å². The Kier molecular flexibility index (Phi) is 5.23. The summed E-state index contributed by atoms with van der Waals surface area (Å²) in [5, 5.41) is 10.9. The molecule has 5 rings (SSSR count). The molecular formula is C16H19N5O2S3. The quantitative estimate of drug-likeness (QED) is 0.703. The van der Waals surface area contributed by atoms with Crippen molar-refractivity contribution in [2.24, 2.45) is 5.92 Å². The van der Waals surface area contributed by atoms with Crippen molar-refractivity contribution < 1.29 is 9.59 Å². The van der Waals surface area contributed by atoms with Crippen molar-refractivity contribution in [2.45, 2.75) is 36.7 Å². The second kappa shape index (κ2) is 7.61. The van der Waals surface area contributed by atoms with Gasteiger partial charge in [-0.25, -0.2) is 4.98 Å². The van der Waals surface area contributed by atoms with Crippen LogP contribution in [-0.4, -0.2) is 61.7 Å². The lowest BCUT2D eigenvalue weighted by molar-refractivity contribution is -0.140. The molecular weight excluding hydrogens is 390 g/mol. The molecule has 0 spiro atoms. The number of carbonyl (C=O) groups excluding carboxylic acids is 2. The molecule has 26 heavy (non-hydrogen) atoms. The van der Waals surface area contributed by atoms with Crippen LogP contribution in [0.3, 0.4) is 0 Å². The minimum atomic E-state index is -0.0925. The monoisotopic (exact) mass is 409 g/mol. The summed E-state index contributed by atoms with van der Waals surface area (Å²) >= 11 is 4.46. The molecule has 0 unspecified atom stereocenters. The third-order valence-corrected chi connectivity index (χ3v) is 7.38. The first kappa shape index (κ1) is 17.9. The summed E-state index contributed by atoms with van der Waals surface area (Å²) in [7, 11) is 0. The smallest absolute Gasteiger partial charge is 0.233 e. The minimum Gasteiger partial charge on any atom is -0.339 e. The van der Waals surface area contributed by atoms with Crippen molar-refractivity contribution >= 4 is 46.2 Å². The summed E-state index contributed by atoms with van der Waals surface area (Å²) in [6, 6.07) is 0.0840. The van der Waals surface area contributed by atoms with Gasteiger partial charge in [0.15, 0.2) is 4.34 Å². The second-order valence-corrected chi connectivity index (χ2v) is 9.67. The average Bonchev–Trinajstić information content (AvgIpc) is 3.21. The summed E-state index contributed by atoms with van der Waals surface area (Å²) in [6.07, 6.45) is 1.82. The van der Waals surface area contributed by atoms with Gasteiger partial charge in [0.2, 0.25) is 11.8 Å². The molecule has 10 heteroatoms. The zero-order valence-corrected chi connectivity index (χ0v) is 16.8. The number of aromatic nitrogens is 3. The highest BCUT2D eigenvalue weighted by Gasteiger charge is 2.41. The summed E-state index contributed by atoms with van der Waals surface area (Å²) in [4.78, 5) is 33.6. The zero-order valence-electron chi connectivity index (χ0n) is 14.3. The van der Waals surface area contributed by atoms with Crippen molar-refractivity contribution in [1.82, 2.24) is 25.0 Å².